The van der Waals surface area contributed by atoms with E-state index in [1.165, 1.54) is 29.2 Å². The molecule has 0 saturated heterocycles. The molecule has 0 aliphatic heterocycles. The van der Waals surface area contributed by atoms with Gasteiger partial charge in [-0.2, -0.15) is 0 Å². The largest absolute Gasteiger partial charge is 0.361 e. The molecule has 0 saturated carbocycles. The molecule has 0 bridgehead atoms. The quantitative estimate of drug-likeness (QED) is 0.537. The van der Waals surface area contributed by atoms with E-state index in [2.05, 4.69) is 66.9 Å². The maximum atomic E-state index is 4.21. The Balaban J connectivity index is 1.62. The molecule has 0 atom stereocenters. The molecular weight excluding hydrogens is 298 g/mol. The molecule has 0 amide bonds. The Bertz CT molecular complexity index is 1150. The van der Waals surface area contributed by atoms with Crippen LogP contribution in [0.15, 0.2) is 73.7 Å². The minimum atomic E-state index is 0.684. The number of H-pyrrole nitrogens is 1. The van der Waals surface area contributed by atoms with Gasteiger partial charge in [0, 0.05) is 40.8 Å². The van der Waals surface area contributed by atoms with Crippen molar-refractivity contribution in [3.05, 3.63) is 73.7 Å². The summed E-state index contributed by atoms with van der Waals surface area (Å²) in [5.74, 6) is 0.684. The number of fused-ring (bicyclic) bond motifs is 2. The summed E-state index contributed by atoms with van der Waals surface area (Å²) in [5.41, 5.74) is 5.63. The van der Waals surface area contributed by atoms with Gasteiger partial charge in [-0.3, -0.25) is 0 Å². The summed E-state index contributed by atoms with van der Waals surface area (Å²) in [5, 5.41) is 1.22. The highest BCUT2D eigenvalue weighted by Gasteiger charge is 2.06. The van der Waals surface area contributed by atoms with E-state index in [1.54, 1.807) is 0 Å². The van der Waals surface area contributed by atoms with Crippen LogP contribution in [-0.2, 0) is 0 Å². The van der Waals surface area contributed by atoms with Gasteiger partial charge in [0.2, 0.25) is 0 Å². The van der Waals surface area contributed by atoms with Crippen molar-refractivity contribution in [2.24, 2.45) is 0 Å². The van der Waals surface area contributed by atoms with Gasteiger partial charge in [-0.15, -0.1) is 0 Å². The van der Waals surface area contributed by atoms with E-state index in [0.29, 0.717) is 5.82 Å². The lowest BCUT2D eigenvalue weighted by atomic mass is 10.1. The number of benzene rings is 1. The summed E-state index contributed by atoms with van der Waals surface area (Å²) in [7, 11) is 0. The monoisotopic (exact) mass is 311 g/mol. The lowest BCUT2D eigenvalue weighted by Crippen LogP contribution is -1.90. The Labute approximate surface area is 137 Å². The van der Waals surface area contributed by atoms with Gasteiger partial charge < -0.3 is 9.38 Å². The molecule has 5 heteroatoms. The van der Waals surface area contributed by atoms with Gasteiger partial charge in [0.25, 0.3) is 0 Å². The molecule has 5 rings (SSSR count). The summed E-state index contributed by atoms with van der Waals surface area (Å²) in [4.78, 5) is 15.5. The average Bonchev–Trinajstić information content (AvgIpc) is 3.27. The molecule has 0 spiro atoms. The first-order valence-corrected chi connectivity index (χ1v) is 7.68. The highest BCUT2D eigenvalue weighted by molar-refractivity contribution is 5.86. The van der Waals surface area contributed by atoms with Crippen molar-refractivity contribution < 1.29 is 0 Å². The zero-order chi connectivity index (χ0) is 15.9. The maximum absolute atomic E-state index is 4.21. The summed E-state index contributed by atoms with van der Waals surface area (Å²) in [6.07, 6.45) is 9.17. The standard InChI is InChI=1S/C19H13N5/c1-2-18-14(3-5-21-18)7-13(1)16-9-17-8-15(4-6-24(17)10-16)19-22-11-20-12-23-19/h1-12,21H. The molecule has 0 unspecified atom stereocenters. The van der Waals surface area contributed by atoms with Gasteiger partial charge in [-0.1, -0.05) is 6.07 Å². The van der Waals surface area contributed by atoms with Gasteiger partial charge in [0.15, 0.2) is 5.82 Å². The van der Waals surface area contributed by atoms with Crippen molar-refractivity contribution >= 4 is 16.4 Å². The molecule has 114 valence electrons. The summed E-state index contributed by atoms with van der Waals surface area (Å²) >= 11 is 0. The van der Waals surface area contributed by atoms with Crippen LogP contribution in [0.5, 0.6) is 0 Å². The van der Waals surface area contributed by atoms with E-state index in [1.807, 2.05) is 18.5 Å². The molecule has 0 aliphatic rings. The first-order valence-electron chi connectivity index (χ1n) is 7.68. The summed E-state index contributed by atoms with van der Waals surface area (Å²) < 4.78 is 2.11. The van der Waals surface area contributed by atoms with E-state index in [-0.39, 0.29) is 0 Å². The molecule has 1 aromatic carbocycles. The van der Waals surface area contributed by atoms with E-state index in [0.717, 1.165) is 16.6 Å². The second kappa shape index (κ2) is 5.03. The number of hydrogen-bond donors (Lipinski definition) is 1. The van der Waals surface area contributed by atoms with Gasteiger partial charge >= 0.3 is 0 Å². The molecule has 0 radical (unpaired) electrons. The Kier molecular flexibility index (Phi) is 2.72. The van der Waals surface area contributed by atoms with Crippen LogP contribution < -0.4 is 0 Å². The van der Waals surface area contributed by atoms with Gasteiger partial charge in [0.1, 0.15) is 12.7 Å². The Morgan fingerprint density at radius 3 is 2.62 bits per heavy atom. The van der Waals surface area contributed by atoms with E-state index in [9.17, 15) is 0 Å². The van der Waals surface area contributed by atoms with Crippen LogP contribution >= 0.6 is 0 Å². The molecule has 4 heterocycles. The lowest BCUT2D eigenvalue weighted by Gasteiger charge is -2.00. The topological polar surface area (TPSA) is 58.9 Å². The van der Waals surface area contributed by atoms with Crippen LogP contribution in [0.2, 0.25) is 0 Å². The van der Waals surface area contributed by atoms with Crippen LogP contribution in [0.3, 0.4) is 0 Å². The Hall–Kier alpha value is -3.47. The molecule has 0 aliphatic carbocycles. The van der Waals surface area contributed by atoms with Crippen molar-refractivity contribution in [1.29, 1.82) is 0 Å². The van der Waals surface area contributed by atoms with Crippen molar-refractivity contribution in [3.8, 4) is 22.5 Å². The number of aromatic amines is 1. The lowest BCUT2D eigenvalue weighted by molar-refractivity contribution is 1.05. The van der Waals surface area contributed by atoms with Crippen molar-refractivity contribution in [2.75, 3.05) is 0 Å². The fourth-order valence-corrected chi connectivity index (χ4v) is 3.03. The average molecular weight is 311 g/mol. The normalized spacial score (nSPS) is 11.3. The second-order valence-electron chi connectivity index (χ2n) is 5.72. The molecule has 0 fully saturated rings. The number of pyridine rings is 1. The Morgan fingerprint density at radius 2 is 1.71 bits per heavy atom. The fourth-order valence-electron chi connectivity index (χ4n) is 3.03. The zero-order valence-electron chi connectivity index (χ0n) is 12.7. The minimum Gasteiger partial charge on any atom is -0.361 e. The predicted octanol–water partition coefficient (Wildman–Crippen LogP) is 3.94. The van der Waals surface area contributed by atoms with Crippen LogP contribution in [0.4, 0.5) is 0 Å². The third kappa shape index (κ3) is 2.06. The van der Waals surface area contributed by atoms with Crippen molar-refractivity contribution in [2.45, 2.75) is 0 Å². The third-order valence-electron chi connectivity index (χ3n) is 4.24. The number of hydrogen-bond acceptors (Lipinski definition) is 3. The summed E-state index contributed by atoms with van der Waals surface area (Å²) in [6, 6.07) is 14.8. The summed E-state index contributed by atoms with van der Waals surface area (Å²) in [6.45, 7) is 0. The van der Waals surface area contributed by atoms with Crippen LogP contribution in [0.1, 0.15) is 0 Å². The fraction of sp³-hybridized carbons (Fsp3) is 0. The third-order valence-corrected chi connectivity index (χ3v) is 4.24. The number of nitrogens with zero attached hydrogens (tertiary/aromatic N) is 4. The van der Waals surface area contributed by atoms with Crippen molar-refractivity contribution in [1.82, 2.24) is 24.3 Å². The van der Waals surface area contributed by atoms with E-state index in [4.69, 9.17) is 0 Å². The smallest absolute Gasteiger partial charge is 0.162 e. The molecule has 5 aromatic rings. The van der Waals surface area contributed by atoms with E-state index < -0.39 is 0 Å². The second-order valence-corrected chi connectivity index (χ2v) is 5.72. The molecule has 5 nitrogen and oxygen atoms in total. The van der Waals surface area contributed by atoms with Crippen molar-refractivity contribution in [3.63, 3.8) is 0 Å². The highest BCUT2D eigenvalue weighted by Crippen LogP contribution is 2.27. The number of nitrogens with one attached hydrogen (secondary N) is 1. The SMILES string of the molecule is c1ncnc(-c2ccn3cc(-c4ccc5[nH]ccc5c4)cc3c2)n1. The van der Waals surface area contributed by atoms with Crippen LogP contribution in [0, 0.1) is 0 Å². The molecule has 4 aromatic heterocycles. The maximum Gasteiger partial charge on any atom is 0.162 e. The first kappa shape index (κ1) is 13.0. The van der Waals surface area contributed by atoms with E-state index >= 15 is 0 Å². The Morgan fingerprint density at radius 1 is 0.833 bits per heavy atom. The predicted molar refractivity (Wildman–Crippen MR) is 93.5 cm³/mol. The molecule has 1 N–H and O–H groups in total. The number of aromatic nitrogens is 5. The van der Waals surface area contributed by atoms with Crippen LogP contribution in [0.25, 0.3) is 38.9 Å². The van der Waals surface area contributed by atoms with Gasteiger partial charge in [-0.05, 0) is 47.3 Å². The van der Waals surface area contributed by atoms with Gasteiger partial charge in [-0.25, -0.2) is 15.0 Å². The zero-order valence-corrected chi connectivity index (χ0v) is 12.7. The van der Waals surface area contributed by atoms with Crippen LogP contribution in [-0.4, -0.2) is 24.3 Å². The molecule has 24 heavy (non-hydrogen) atoms. The molecular formula is C19H13N5. The minimum absolute atomic E-state index is 0.684. The van der Waals surface area contributed by atoms with Gasteiger partial charge in [0.05, 0.1) is 0 Å². The highest BCUT2D eigenvalue weighted by atomic mass is 15.0. The first-order chi connectivity index (χ1) is 11.9. The number of rotatable bonds is 2.